The molecule has 0 aliphatic heterocycles. The van der Waals surface area contributed by atoms with Gasteiger partial charge in [-0.15, -0.1) is 10.2 Å². The van der Waals surface area contributed by atoms with Gasteiger partial charge in [0.25, 0.3) is 0 Å². The molecule has 37 heavy (non-hydrogen) atoms. The average molecular weight is 517 g/mol. The van der Waals surface area contributed by atoms with Crippen molar-refractivity contribution in [1.82, 2.24) is 20.1 Å². The molecule has 6 nitrogen and oxygen atoms in total. The minimum Gasteiger partial charge on any atom is -0.497 e. The van der Waals surface area contributed by atoms with Gasteiger partial charge in [0.2, 0.25) is 5.91 Å². The minimum absolute atomic E-state index is 0.0903. The van der Waals surface area contributed by atoms with Crippen molar-refractivity contribution < 1.29 is 9.53 Å². The maximum atomic E-state index is 13.1. The smallest absolute Gasteiger partial charge is 0.230 e. The van der Waals surface area contributed by atoms with Gasteiger partial charge in [0, 0.05) is 18.2 Å². The van der Waals surface area contributed by atoms with E-state index in [0.717, 1.165) is 45.7 Å². The third-order valence-electron chi connectivity index (χ3n) is 8.95. The second-order valence-corrected chi connectivity index (χ2v) is 12.4. The van der Waals surface area contributed by atoms with Crippen LogP contribution in [-0.2, 0) is 11.2 Å². The SMILES string of the molecule is COc1ccc(Cc2nnc(SCC(=O)N[C@@H](C)C34CC5CC(CC(C5)C3)C4)n2-c2ccccc2)cc1. The quantitative estimate of drug-likeness (QED) is 0.371. The van der Waals surface area contributed by atoms with E-state index in [-0.39, 0.29) is 11.9 Å². The molecule has 4 aliphatic carbocycles. The number of carbonyl (C=O) groups excluding carboxylic acids is 1. The molecule has 0 radical (unpaired) electrons. The number of benzene rings is 2. The van der Waals surface area contributed by atoms with Crippen LogP contribution >= 0.6 is 11.8 Å². The number of para-hydroxylation sites is 1. The summed E-state index contributed by atoms with van der Waals surface area (Å²) in [4.78, 5) is 13.1. The highest BCUT2D eigenvalue weighted by Gasteiger charge is 2.53. The highest BCUT2D eigenvalue weighted by Crippen LogP contribution is 2.61. The number of thioether (sulfide) groups is 1. The van der Waals surface area contributed by atoms with Crippen LogP contribution in [-0.4, -0.2) is 39.6 Å². The molecule has 4 fully saturated rings. The number of aromatic nitrogens is 3. The zero-order valence-electron chi connectivity index (χ0n) is 21.7. The Bertz CT molecular complexity index is 1200. The van der Waals surface area contributed by atoms with E-state index in [1.165, 1.54) is 50.3 Å². The number of methoxy groups -OCH3 is 1. The fraction of sp³-hybridized carbons (Fsp3) is 0.500. The summed E-state index contributed by atoms with van der Waals surface area (Å²) < 4.78 is 7.37. The fourth-order valence-electron chi connectivity index (χ4n) is 7.54. The zero-order chi connectivity index (χ0) is 25.4. The van der Waals surface area contributed by atoms with E-state index >= 15 is 0 Å². The van der Waals surface area contributed by atoms with Crippen LogP contribution in [0.1, 0.15) is 56.8 Å². The molecule has 7 heteroatoms. The van der Waals surface area contributed by atoms with Crippen molar-refractivity contribution in [3.05, 3.63) is 66.0 Å². The number of nitrogens with zero attached hydrogens (tertiary/aromatic N) is 3. The summed E-state index contributed by atoms with van der Waals surface area (Å²) in [6, 6.07) is 18.4. The molecule has 1 aromatic heterocycles. The summed E-state index contributed by atoms with van der Waals surface area (Å²) in [6.07, 6.45) is 8.79. The Balaban J connectivity index is 1.15. The highest BCUT2D eigenvalue weighted by molar-refractivity contribution is 7.99. The first-order valence-electron chi connectivity index (χ1n) is 13.6. The summed E-state index contributed by atoms with van der Waals surface area (Å²) in [5, 5.41) is 13.2. The van der Waals surface area contributed by atoms with Gasteiger partial charge in [0.05, 0.1) is 12.9 Å². The summed E-state index contributed by atoms with van der Waals surface area (Å²) in [7, 11) is 1.67. The number of amides is 1. The molecule has 2 aromatic carbocycles. The molecular weight excluding hydrogens is 480 g/mol. The Morgan fingerprint density at radius 2 is 1.68 bits per heavy atom. The Kier molecular flexibility index (Phi) is 6.74. The first kappa shape index (κ1) is 24.5. The number of rotatable bonds is 9. The lowest BCUT2D eigenvalue weighted by Gasteiger charge is -2.59. The molecule has 1 amide bonds. The van der Waals surface area contributed by atoms with Gasteiger partial charge in [-0.3, -0.25) is 9.36 Å². The number of ether oxygens (including phenoxy) is 1. The Labute approximate surface area is 223 Å². The molecule has 7 rings (SSSR count). The standard InChI is InChI=1S/C30H36N4O2S/c1-20(30-16-22-12-23(17-30)14-24(13-22)18-30)31-28(35)19-37-29-33-32-27(34(29)25-6-4-3-5-7-25)15-21-8-10-26(36-2)11-9-21/h3-11,20,22-24H,12-19H2,1-2H3,(H,31,35)/t20-,22?,23?,24?,30?/m0/s1. The Morgan fingerprint density at radius 1 is 1.03 bits per heavy atom. The maximum Gasteiger partial charge on any atom is 0.230 e. The topological polar surface area (TPSA) is 69.0 Å². The summed E-state index contributed by atoms with van der Waals surface area (Å²) in [5.74, 6) is 4.76. The van der Waals surface area contributed by atoms with E-state index in [4.69, 9.17) is 4.74 Å². The molecule has 1 heterocycles. The van der Waals surface area contributed by atoms with Crippen LogP contribution < -0.4 is 10.1 Å². The molecule has 1 N–H and O–H groups in total. The molecule has 0 saturated heterocycles. The first-order valence-corrected chi connectivity index (χ1v) is 14.5. The summed E-state index contributed by atoms with van der Waals surface area (Å²) >= 11 is 1.46. The van der Waals surface area contributed by atoms with Crippen molar-refractivity contribution in [3.63, 3.8) is 0 Å². The monoisotopic (exact) mass is 516 g/mol. The number of hydrogen-bond acceptors (Lipinski definition) is 5. The van der Waals surface area contributed by atoms with E-state index in [1.54, 1.807) is 7.11 Å². The Morgan fingerprint density at radius 3 is 2.30 bits per heavy atom. The van der Waals surface area contributed by atoms with E-state index < -0.39 is 0 Å². The molecule has 1 atom stereocenters. The molecule has 194 valence electrons. The molecule has 4 bridgehead atoms. The Hall–Kier alpha value is -2.80. The van der Waals surface area contributed by atoms with Gasteiger partial charge in [-0.2, -0.15) is 0 Å². The van der Waals surface area contributed by atoms with Crippen LogP contribution in [0.2, 0.25) is 0 Å². The van der Waals surface area contributed by atoms with E-state index in [9.17, 15) is 4.79 Å². The van der Waals surface area contributed by atoms with Gasteiger partial charge < -0.3 is 10.1 Å². The van der Waals surface area contributed by atoms with Gasteiger partial charge in [0.1, 0.15) is 11.6 Å². The van der Waals surface area contributed by atoms with Crippen LogP contribution in [0.3, 0.4) is 0 Å². The molecule has 0 unspecified atom stereocenters. The van der Waals surface area contributed by atoms with E-state index in [2.05, 4.69) is 51.3 Å². The second-order valence-electron chi connectivity index (χ2n) is 11.5. The van der Waals surface area contributed by atoms with Crippen LogP contribution in [0.4, 0.5) is 0 Å². The van der Waals surface area contributed by atoms with Crippen molar-refractivity contribution in [3.8, 4) is 11.4 Å². The predicted octanol–water partition coefficient (Wildman–Crippen LogP) is 5.68. The molecule has 4 saturated carbocycles. The minimum atomic E-state index is 0.0903. The van der Waals surface area contributed by atoms with Gasteiger partial charge >= 0.3 is 0 Å². The first-order chi connectivity index (χ1) is 18.0. The normalized spacial score (nSPS) is 26.7. The average Bonchev–Trinajstić information content (AvgIpc) is 3.30. The van der Waals surface area contributed by atoms with Gasteiger partial charge in [0.15, 0.2) is 5.16 Å². The van der Waals surface area contributed by atoms with Crippen molar-refractivity contribution in [2.75, 3.05) is 12.9 Å². The number of nitrogens with one attached hydrogen (secondary N) is 1. The third-order valence-corrected chi connectivity index (χ3v) is 9.88. The van der Waals surface area contributed by atoms with Crippen molar-refractivity contribution in [2.24, 2.45) is 23.2 Å². The van der Waals surface area contributed by atoms with Crippen molar-refractivity contribution >= 4 is 17.7 Å². The van der Waals surface area contributed by atoms with Gasteiger partial charge in [-0.05, 0) is 98.4 Å². The fourth-order valence-corrected chi connectivity index (χ4v) is 8.33. The number of hydrogen-bond donors (Lipinski definition) is 1. The molecule has 3 aromatic rings. The summed E-state index contributed by atoms with van der Waals surface area (Å²) in [5.41, 5.74) is 2.44. The predicted molar refractivity (Wildman–Crippen MR) is 146 cm³/mol. The van der Waals surface area contributed by atoms with Crippen LogP contribution in [0.25, 0.3) is 5.69 Å². The third kappa shape index (κ3) is 5.02. The number of carbonyl (C=O) groups is 1. The van der Waals surface area contributed by atoms with Crippen LogP contribution in [0.15, 0.2) is 59.8 Å². The second kappa shape index (κ2) is 10.2. The van der Waals surface area contributed by atoms with Gasteiger partial charge in [-0.25, -0.2) is 0 Å². The lowest BCUT2D eigenvalue weighted by atomic mass is 9.48. The maximum absolute atomic E-state index is 13.1. The summed E-state index contributed by atoms with van der Waals surface area (Å²) in [6.45, 7) is 2.25. The lowest BCUT2D eigenvalue weighted by molar-refractivity contribution is -0.123. The van der Waals surface area contributed by atoms with Gasteiger partial charge in [-0.1, -0.05) is 42.1 Å². The molecular formula is C30H36N4O2S. The molecule has 4 aliphatic rings. The largest absolute Gasteiger partial charge is 0.497 e. The van der Waals surface area contributed by atoms with Crippen LogP contribution in [0.5, 0.6) is 5.75 Å². The lowest BCUT2D eigenvalue weighted by Crippen LogP contribution is -2.56. The zero-order valence-corrected chi connectivity index (χ0v) is 22.5. The van der Waals surface area contributed by atoms with E-state index in [1.807, 2.05) is 30.3 Å². The van der Waals surface area contributed by atoms with E-state index in [0.29, 0.717) is 17.6 Å². The van der Waals surface area contributed by atoms with Crippen molar-refractivity contribution in [2.45, 2.75) is 63.1 Å². The molecule has 0 spiro atoms. The highest BCUT2D eigenvalue weighted by atomic mass is 32.2. The van der Waals surface area contributed by atoms with Crippen LogP contribution in [0, 0.1) is 23.2 Å². The van der Waals surface area contributed by atoms with Crippen molar-refractivity contribution in [1.29, 1.82) is 0 Å².